The lowest BCUT2D eigenvalue weighted by atomic mass is 9.89. The van der Waals surface area contributed by atoms with Gasteiger partial charge in [-0.3, -0.25) is 0 Å². The number of nitrogens with zero attached hydrogens (tertiary/aromatic N) is 1. The Morgan fingerprint density at radius 2 is 0.725 bits per heavy atom. The van der Waals surface area contributed by atoms with Crippen LogP contribution in [0.15, 0.2) is 212 Å². The summed E-state index contributed by atoms with van der Waals surface area (Å²) in [5.41, 5.74) is 13.1. The Hall–Kier alpha value is -6.70. The minimum Gasteiger partial charge on any atom is -0.311 e. The van der Waals surface area contributed by atoms with E-state index in [1.54, 1.807) is 0 Å². The van der Waals surface area contributed by atoms with Crippen LogP contribution in [0.25, 0.3) is 66.1 Å². The van der Waals surface area contributed by atoms with Crippen LogP contribution in [0.3, 0.4) is 0 Å². The summed E-state index contributed by atoms with van der Waals surface area (Å²) < 4.78 is 0. The van der Waals surface area contributed by atoms with Gasteiger partial charge in [0.05, 0.1) is 0 Å². The molecule has 0 aliphatic heterocycles. The summed E-state index contributed by atoms with van der Waals surface area (Å²) in [4.78, 5) is 2.34. The van der Waals surface area contributed by atoms with E-state index in [1.165, 1.54) is 66.1 Å². The molecule has 9 aromatic carbocycles. The number of anilines is 3. The van der Waals surface area contributed by atoms with E-state index in [4.69, 9.17) is 0 Å². The molecule has 0 fully saturated rings. The van der Waals surface area contributed by atoms with Crippen molar-refractivity contribution in [2.75, 3.05) is 4.90 Å². The molecule has 240 valence electrons. The molecule has 0 atom stereocenters. The molecule has 0 heterocycles. The summed E-state index contributed by atoms with van der Waals surface area (Å²) in [6, 6.07) is 76.6. The van der Waals surface area contributed by atoms with Crippen LogP contribution < -0.4 is 4.90 Å². The summed E-state index contributed by atoms with van der Waals surface area (Å²) in [6.07, 6.45) is 0. The fourth-order valence-corrected chi connectivity index (χ4v) is 7.38. The summed E-state index contributed by atoms with van der Waals surface area (Å²) in [5, 5.41) is 4.99. The molecule has 0 unspecified atom stereocenters. The van der Waals surface area contributed by atoms with E-state index in [9.17, 15) is 0 Å². The number of rotatable bonds is 7. The Kier molecular flexibility index (Phi) is 7.92. The molecule has 0 N–H and O–H groups in total. The fraction of sp³-hybridized carbons (Fsp3) is 0. The second kappa shape index (κ2) is 13.3. The molecule has 0 bridgehead atoms. The molecule has 51 heavy (non-hydrogen) atoms. The van der Waals surface area contributed by atoms with E-state index >= 15 is 0 Å². The van der Waals surface area contributed by atoms with Crippen molar-refractivity contribution in [1.82, 2.24) is 0 Å². The summed E-state index contributed by atoms with van der Waals surface area (Å²) in [7, 11) is 0. The van der Waals surface area contributed by atoms with Crippen molar-refractivity contribution in [3.63, 3.8) is 0 Å². The van der Waals surface area contributed by atoms with Crippen LogP contribution >= 0.6 is 0 Å². The van der Waals surface area contributed by atoms with Crippen molar-refractivity contribution in [1.29, 1.82) is 0 Å². The first-order valence-corrected chi connectivity index (χ1v) is 17.5. The van der Waals surface area contributed by atoms with E-state index in [2.05, 4.69) is 217 Å². The van der Waals surface area contributed by atoms with E-state index in [0.717, 1.165) is 17.1 Å². The monoisotopic (exact) mass is 649 g/mol. The number of hydrogen-bond donors (Lipinski definition) is 0. The predicted molar refractivity (Wildman–Crippen MR) is 218 cm³/mol. The second-order valence-electron chi connectivity index (χ2n) is 12.9. The Labute approximate surface area is 299 Å². The third kappa shape index (κ3) is 5.86. The zero-order chi connectivity index (χ0) is 34.0. The zero-order valence-corrected chi connectivity index (χ0v) is 28.2. The topological polar surface area (TPSA) is 3.24 Å². The molecule has 0 amide bonds. The van der Waals surface area contributed by atoms with Crippen molar-refractivity contribution in [2.24, 2.45) is 0 Å². The smallest absolute Gasteiger partial charge is 0.0462 e. The zero-order valence-electron chi connectivity index (χ0n) is 28.2. The summed E-state index contributed by atoms with van der Waals surface area (Å²) in [6.45, 7) is 0. The predicted octanol–water partition coefficient (Wildman–Crippen LogP) is 14.1. The van der Waals surface area contributed by atoms with Gasteiger partial charge in [-0.1, -0.05) is 170 Å². The van der Waals surface area contributed by atoms with Gasteiger partial charge in [-0.2, -0.15) is 0 Å². The normalized spacial score (nSPS) is 11.1. The Morgan fingerprint density at radius 3 is 1.41 bits per heavy atom. The van der Waals surface area contributed by atoms with Gasteiger partial charge in [-0.25, -0.2) is 0 Å². The van der Waals surface area contributed by atoms with Crippen LogP contribution in [0, 0.1) is 0 Å². The lowest BCUT2D eigenvalue weighted by molar-refractivity contribution is 1.28. The number of hydrogen-bond acceptors (Lipinski definition) is 1. The average molecular weight is 650 g/mol. The maximum atomic E-state index is 2.34. The van der Waals surface area contributed by atoms with Gasteiger partial charge in [0, 0.05) is 17.1 Å². The van der Waals surface area contributed by atoms with Crippen LogP contribution in [0.1, 0.15) is 0 Å². The molecule has 9 aromatic rings. The van der Waals surface area contributed by atoms with Gasteiger partial charge in [0.15, 0.2) is 0 Å². The van der Waals surface area contributed by atoms with Crippen molar-refractivity contribution in [3.05, 3.63) is 212 Å². The van der Waals surface area contributed by atoms with Gasteiger partial charge in [0.2, 0.25) is 0 Å². The van der Waals surface area contributed by atoms with Crippen molar-refractivity contribution in [3.8, 4) is 44.5 Å². The van der Waals surface area contributed by atoms with Gasteiger partial charge in [0.25, 0.3) is 0 Å². The SMILES string of the molecule is c1ccc(-c2ccccc2-c2ccc(N(c3ccccc3)c3ccc(-c4c(-c5ccc6ccccc6c5)ccc5ccccc45)cc3)cc2)cc1. The van der Waals surface area contributed by atoms with Crippen LogP contribution in [-0.2, 0) is 0 Å². The second-order valence-corrected chi connectivity index (χ2v) is 12.9. The van der Waals surface area contributed by atoms with Gasteiger partial charge in [-0.05, 0) is 109 Å². The molecular formula is C50H35N. The van der Waals surface area contributed by atoms with Gasteiger partial charge in [0.1, 0.15) is 0 Å². The maximum absolute atomic E-state index is 2.34. The molecule has 0 saturated carbocycles. The van der Waals surface area contributed by atoms with Gasteiger partial charge < -0.3 is 4.90 Å². The first kappa shape index (κ1) is 30.4. The molecule has 9 rings (SSSR count). The molecule has 1 heteroatoms. The van der Waals surface area contributed by atoms with Gasteiger partial charge >= 0.3 is 0 Å². The highest BCUT2D eigenvalue weighted by molar-refractivity contribution is 6.05. The highest BCUT2D eigenvalue weighted by Crippen LogP contribution is 2.42. The lowest BCUT2D eigenvalue weighted by Gasteiger charge is -2.26. The Bertz CT molecular complexity index is 2600. The van der Waals surface area contributed by atoms with Crippen LogP contribution in [0.5, 0.6) is 0 Å². The molecular weight excluding hydrogens is 615 g/mol. The minimum absolute atomic E-state index is 1.11. The average Bonchev–Trinajstić information content (AvgIpc) is 3.22. The number of para-hydroxylation sites is 1. The third-order valence-electron chi connectivity index (χ3n) is 9.87. The van der Waals surface area contributed by atoms with E-state index in [1.807, 2.05) is 0 Å². The summed E-state index contributed by atoms with van der Waals surface area (Å²) in [5.74, 6) is 0. The van der Waals surface area contributed by atoms with Crippen molar-refractivity contribution < 1.29 is 0 Å². The van der Waals surface area contributed by atoms with Crippen molar-refractivity contribution in [2.45, 2.75) is 0 Å². The van der Waals surface area contributed by atoms with E-state index in [-0.39, 0.29) is 0 Å². The highest BCUT2D eigenvalue weighted by atomic mass is 15.1. The van der Waals surface area contributed by atoms with Crippen molar-refractivity contribution >= 4 is 38.6 Å². The largest absolute Gasteiger partial charge is 0.311 e. The van der Waals surface area contributed by atoms with E-state index < -0.39 is 0 Å². The minimum atomic E-state index is 1.11. The Morgan fingerprint density at radius 1 is 0.255 bits per heavy atom. The lowest BCUT2D eigenvalue weighted by Crippen LogP contribution is -2.09. The fourth-order valence-electron chi connectivity index (χ4n) is 7.38. The van der Waals surface area contributed by atoms with E-state index in [0.29, 0.717) is 0 Å². The maximum Gasteiger partial charge on any atom is 0.0462 e. The third-order valence-corrected chi connectivity index (χ3v) is 9.87. The number of benzene rings is 9. The molecule has 0 saturated heterocycles. The highest BCUT2D eigenvalue weighted by Gasteiger charge is 2.16. The Balaban J connectivity index is 1.12. The quantitative estimate of drug-likeness (QED) is 0.166. The molecule has 0 aliphatic carbocycles. The number of fused-ring (bicyclic) bond motifs is 2. The molecule has 0 spiro atoms. The molecule has 1 nitrogen and oxygen atoms in total. The molecule has 0 aliphatic rings. The van der Waals surface area contributed by atoms with Crippen LogP contribution in [-0.4, -0.2) is 0 Å². The van der Waals surface area contributed by atoms with Crippen LogP contribution in [0.4, 0.5) is 17.1 Å². The van der Waals surface area contributed by atoms with Crippen LogP contribution in [0.2, 0.25) is 0 Å². The standard InChI is InChI=1S/C50H35N/c1-3-14-37(15-4-1)46-20-11-12-21-47(46)39-25-30-44(31-26-39)51(43-18-5-2-6-19-43)45-32-27-40(28-33-45)50-48-22-10-9-16-38(48)29-34-49(50)42-24-23-36-13-7-8-17-41(36)35-42/h1-35H. The van der Waals surface area contributed by atoms with Gasteiger partial charge in [-0.15, -0.1) is 0 Å². The first-order chi connectivity index (χ1) is 25.3. The molecule has 0 aromatic heterocycles. The first-order valence-electron chi connectivity index (χ1n) is 17.5. The summed E-state index contributed by atoms with van der Waals surface area (Å²) >= 11 is 0. The molecule has 0 radical (unpaired) electrons.